The fourth-order valence-electron chi connectivity index (χ4n) is 2.94. The van der Waals surface area contributed by atoms with Crippen LogP contribution in [0.3, 0.4) is 0 Å². The lowest BCUT2D eigenvalue weighted by Gasteiger charge is -2.31. The summed E-state index contributed by atoms with van der Waals surface area (Å²) in [4.78, 5) is 2.58. The molecule has 1 aromatic rings. The molecule has 0 saturated carbocycles. The first-order valence-electron chi connectivity index (χ1n) is 7.58. The summed E-state index contributed by atoms with van der Waals surface area (Å²) in [6.45, 7) is 8.58. The molecule has 5 heteroatoms. The van der Waals surface area contributed by atoms with E-state index >= 15 is 0 Å². The van der Waals surface area contributed by atoms with Gasteiger partial charge in [-0.2, -0.15) is 0 Å². The third-order valence-corrected chi connectivity index (χ3v) is 5.37. The molecule has 0 aliphatic carbocycles. The van der Waals surface area contributed by atoms with E-state index in [2.05, 4.69) is 24.1 Å². The van der Waals surface area contributed by atoms with Crippen LogP contribution in [0.1, 0.15) is 32.3 Å². The van der Waals surface area contributed by atoms with Crippen molar-refractivity contribution < 1.29 is 0 Å². The van der Waals surface area contributed by atoms with Crippen molar-refractivity contribution >= 4 is 34.8 Å². The molecule has 0 radical (unpaired) electrons. The van der Waals surface area contributed by atoms with E-state index in [4.69, 9.17) is 34.8 Å². The first-order valence-corrected chi connectivity index (χ1v) is 8.71. The molecule has 1 saturated heterocycles. The van der Waals surface area contributed by atoms with E-state index in [9.17, 15) is 0 Å². The Kier molecular flexibility index (Phi) is 6.64. The van der Waals surface area contributed by atoms with Gasteiger partial charge in [-0.25, -0.2) is 0 Å². The molecule has 1 aliphatic rings. The zero-order valence-electron chi connectivity index (χ0n) is 12.6. The Morgan fingerprint density at radius 2 is 1.71 bits per heavy atom. The minimum Gasteiger partial charge on any atom is -0.311 e. The topological polar surface area (TPSA) is 15.3 Å². The Balaban J connectivity index is 1.95. The second kappa shape index (κ2) is 8.03. The maximum Gasteiger partial charge on any atom is 0.0652 e. The monoisotopic (exact) mass is 348 g/mol. The molecule has 0 spiro atoms. The summed E-state index contributed by atoms with van der Waals surface area (Å²) in [5, 5.41) is 5.27. The number of hydrogen-bond acceptors (Lipinski definition) is 2. The van der Waals surface area contributed by atoms with Crippen LogP contribution >= 0.6 is 34.8 Å². The van der Waals surface area contributed by atoms with E-state index < -0.39 is 0 Å². The summed E-state index contributed by atoms with van der Waals surface area (Å²) in [5.41, 5.74) is 0.884. The molecular formula is C16H23Cl3N2. The number of nitrogens with zero attached hydrogens (tertiary/aromatic N) is 1. The van der Waals surface area contributed by atoms with Crippen molar-refractivity contribution in [3.8, 4) is 0 Å². The predicted octanol–water partition coefficient (Wildman–Crippen LogP) is 4.86. The van der Waals surface area contributed by atoms with Gasteiger partial charge in [0, 0.05) is 29.7 Å². The Morgan fingerprint density at radius 3 is 2.33 bits per heavy atom. The lowest BCUT2D eigenvalue weighted by atomic mass is 10.0. The molecule has 0 amide bonds. The van der Waals surface area contributed by atoms with Gasteiger partial charge in [-0.1, -0.05) is 48.7 Å². The summed E-state index contributed by atoms with van der Waals surface area (Å²) in [6.07, 6.45) is 2.63. The molecule has 1 aromatic carbocycles. The first-order chi connectivity index (χ1) is 10.0. The lowest BCUT2D eigenvalue weighted by molar-refractivity contribution is 0.186. The highest BCUT2D eigenvalue weighted by Crippen LogP contribution is 2.31. The Hall–Kier alpha value is 0.01000. The number of likely N-dealkylation sites (tertiary alicyclic amines) is 1. The van der Waals surface area contributed by atoms with Crippen LogP contribution in [0.15, 0.2) is 12.1 Å². The largest absolute Gasteiger partial charge is 0.311 e. The summed E-state index contributed by atoms with van der Waals surface area (Å²) in [7, 11) is 0. The summed E-state index contributed by atoms with van der Waals surface area (Å²) < 4.78 is 0. The SMILES string of the molecule is CC(C)C(CNCc1c(Cl)ccc(Cl)c1Cl)N1CCCC1. The highest BCUT2D eigenvalue weighted by molar-refractivity contribution is 6.44. The maximum absolute atomic E-state index is 6.24. The van der Waals surface area contributed by atoms with Gasteiger partial charge in [0.1, 0.15) is 0 Å². The normalized spacial score (nSPS) is 17.6. The van der Waals surface area contributed by atoms with Crippen molar-refractivity contribution in [3.05, 3.63) is 32.8 Å². The number of halogens is 3. The van der Waals surface area contributed by atoms with Crippen molar-refractivity contribution in [1.82, 2.24) is 10.2 Å². The van der Waals surface area contributed by atoms with Crippen molar-refractivity contribution in [2.24, 2.45) is 5.92 Å². The van der Waals surface area contributed by atoms with Gasteiger partial charge in [0.2, 0.25) is 0 Å². The van der Waals surface area contributed by atoms with Gasteiger partial charge in [-0.3, -0.25) is 4.90 Å². The van der Waals surface area contributed by atoms with Crippen molar-refractivity contribution in [3.63, 3.8) is 0 Å². The third-order valence-electron chi connectivity index (χ3n) is 4.17. The molecule has 1 aliphatic heterocycles. The lowest BCUT2D eigenvalue weighted by Crippen LogP contribution is -2.44. The molecule has 2 rings (SSSR count). The van der Waals surface area contributed by atoms with Gasteiger partial charge in [-0.15, -0.1) is 0 Å². The second-order valence-corrected chi connectivity index (χ2v) is 7.20. The standard InChI is InChI=1S/C16H23Cl3N2/c1-11(2)15(21-7-3-4-8-21)10-20-9-12-13(17)5-6-14(18)16(12)19/h5-6,11,15,20H,3-4,7-10H2,1-2H3. The second-order valence-electron chi connectivity index (χ2n) is 6.01. The number of rotatable bonds is 6. The maximum atomic E-state index is 6.24. The molecule has 0 bridgehead atoms. The molecule has 2 nitrogen and oxygen atoms in total. The fourth-order valence-corrected chi connectivity index (χ4v) is 3.62. The molecular weight excluding hydrogens is 327 g/mol. The molecule has 0 aromatic heterocycles. The van der Waals surface area contributed by atoms with Gasteiger partial charge in [0.25, 0.3) is 0 Å². The highest BCUT2D eigenvalue weighted by atomic mass is 35.5. The van der Waals surface area contributed by atoms with E-state index in [1.807, 2.05) is 0 Å². The number of nitrogens with one attached hydrogen (secondary N) is 1. The van der Waals surface area contributed by atoms with Crippen LogP contribution in [0.5, 0.6) is 0 Å². The summed E-state index contributed by atoms with van der Waals surface area (Å²) in [6, 6.07) is 4.09. The fraction of sp³-hybridized carbons (Fsp3) is 0.625. The van der Waals surface area contributed by atoms with Gasteiger partial charge < -0.3 is 5.32 Å². The Labute approximate surface area is 142 Å². The number of hydrogen-bond donors (Lipinski definition) is 1. The molecule has 1 unspecified atom stereocenters. The summed E-state index contributed by atoms with van der Waals surface area (Å²) >= 11 is 18.5. The van der Waals surface area contributed by atoms with Crippen LogP contribution in [0.25, 0.3) is 0 Å². The molecule has 1 atom stereocenters. The minimum absolute atomic E-state index is 0.554. The van der Waals surface area contributed by atoms with E-state index in [1.54, 1.807) is 12.1 Å². The van der Waals surface area contributed by atoms with Gasteiger partial charge in [0.15, 0.2) is 0 Å². The molecule has 1 fully saturated rings. The smallest absolute Gasteiger partial charge is 0.0652 e. The van der Waals surface area contributed by atoms with Crippen LogP contribution in [0, 0.1) is 5.92 Å². The predicted molar refractivity (Wildman–Crippen MR) is 92.6 cm³/mol. The van der Waals surface area contributed by atoms with Gasteiger partial charge in [-0.05, 0) is 44.0 Å². The van der Waals surface area contributed by atoms with Gasteiger partial charge >= 0.3 is 0 Å². The van der Waals surface area contributed by atoms with Crippen molar-refractivity contribution in [2.45, 2.75) is 39.3 Å². The van der Waals surface area contributed by atoms with Crippen LogP contribution in [-0.4, -0.2) is 30.6 Å². The molecule has 118 valence electrons. The van der Waals surface area contributed by atoms with Crippen LogP contribution in [0.2, 0.25) is 15.1 Å². The van der Waals surface area contributed by atoms with Crippen LogP contribution < -0.4 is 5.32 Å². The first kappa shape index (κ1) is 17.4. The van der Waals surface area contributed by atoms with Crippen molar-refractivity contribution in [2.75, 3.05) is 19.6 Å². The Bertz CT molecular complexity index is 471. The highest BCUT2D eigenvalue weighted by Gasteiger charge is 2.24. The zero-order valence-corrected chi connectivity index (χ0v) is 14.9. The van der Waals surface area contributed by atoms with Crippen LogP contribution in [0.4, 0.5) is 0 Å². The molecule has 1 heterocycles. The average Bonchev–Trinajstić information content (AvgIpc) is 2.95. The quantitative estimate of drug-likeness (QED) is 0.738. The third kappa shape index (κ3) is 4.49. The van der Waals surface area contributed by atoms with E-state index in [1.165, 1.54) is 25.9 Å². The Morgan fingerprint density at radius 1 is 1.10 bits per heavy atom. The average molecular weight is 350 g/mol. The zero-order chi connectivity index (χ0) is 15.4. The number of benzene rings is 1. The summed E-state index contributed by atoms with van der Waals surface area (Å²) in [5.74, 6) is 0.626. The van der Waals surface area contributed by atoms with Crippen LogP contribution in [-0.2, 0) is 6.54 Å². The van der Waals surface area contributed by atoms with Gasteiger partial charge in [0.05, 0.1) is 10.0 Å². The van der Waals surface area contributed by atoms with Crippen molar-refractivity contribution in [1.29, 1.82) is 0 Å². The minimum atomic E-state index is 0.554. The molecule has 21 heavy (non-hydrogen) atoms. The van der Waals surface area contributed by atoms with E-state index in [0.717, 1.165) is 12.1 Å². The van der Waals surface area contributed by atoms with E-state index in [-0.39, 0.29) is 0 Å². The molecule has 1 N–H and O–H groups in total. The van der Waals surface area contributed by atoms with E-state index in [0.29, 0.717) is 33.6 Å².